The second-order valence-electron chi connectivity index (χ2n) is 4.62. The molecule has 6 heteroatoms. The molecular weight excluding hydrogens is 248 g/mol. The van der Waals surface area contributed by atoms with E-state index in [1.54, 1.807) is 24.1 Å². The molecule has 0 aliphatic carbocycles. The Labute approximate surface area is 111 Å². The predicted molar refractivity (Wildman–Crippen MR) is 67.5 cm³/mol. The number of hydrogen-bond donors (Lipinski definition) is 1. The molecule has 1 aromatic rings. The maximum atomic E-state index is 12.2. The minimum absolute atomic E-state index is 0.0823. The van der Waals surface area contributed by atoms with Gasteiger partial charge in [-0.05, 0) is 25.0 Å². The van der Waals surface area contributed by atoms with Gasteiger partial charge >= 0.3 is 0 Å². The van der Waals surface area contributed by atoms with Crippen LogP contribution in [0, 0.1) is 0 Å². The molecule has 1 saturated heterocycles. The van der Waals surface area contributed by atoms with Crippen LogP contribution in [0.5, 0.6) is 0 Å². The number of rotatable bonds is 4. The van der Waals surface area contributed by atoms with Crippen molar-refractivity contribution in [2.45, 2.75) is 18.9 Å². The van der Waals surface area contributed by atoms with Crippen molar-refractivity contribution in [1.29, 1.82) is 0 Å². The molecule has 0 bridgehead atoms. The first-order valence-electron chi connectivity index (χ1n) is 6.35. The molecule has 0 saturated carbocycles. The van der Waals surface area contributed by atoms with E-state index < -0.39 is 6.04 Å². The van der Waals surface area contributed by atoms with Crippen LogP contribution in [-0.4, -0.2) is 59.5 Å². The van der Waals surface area contributed by atoms with Gasteiger partial charge in [-0.3, -0.25) is 9.59 Å². The van der Waals surface area contributed by atoms with Crippen molar-refractivity contribution in [2.24, 2.45) is 0 Å². The lowest BCUT2D eigenvalue weighted by molar-refractivity contribution is -0.134. The van der Waals surface area contributed by atoms with Gasteiger partial charge in [-0.15, -0.1) is 0 Å². The van der Waals surface area contributed by atoms with Crippen LogP contribution in [0.4, 0.5) is 0 Å². The number of aliphatic hydroxyl groups is 1. The summed E-state index contributed by atoms with van der Waals surface area (Å²) in [4.78, 5) is 27.4. The number of likely N-dealkylation sites (N-methyl/N-ethyl adjacent to an activating group) is 1. The fourth-order valence-corrected chi connectivity index (χ4v) is 2.32. The lowest BCUT2D eigenvalue weighted by atomic mass is 10.2. The number of carbonyl (C=O) groups excluding carboxylic acids is 2. The lowest BCUT2D eigenvalue weighted by Gasteiger charge is -2.27. The van der Waals surface area contributed by atoms with Crippen molar-refractivity contribution in [2.75, 3.05) is 26.7 Å². The van der Waals surface area contributed by atoms with Crippen LogP contribution in [0.3, 0.4) is 0 Å². The minimum Gasteiger partial charge on any atom is -0.459 e. The number of nitrogens with zero attached hydrogens (tertiary/aromatic N) is 2. The zero-order chi connectivity index (χ0) is 13.8. The summed E-state index contributed by atoms with van der Waals surface area (Å²) in [5.41, 5.74) is 0. The molecule has 1 aliphatic rings. The van der Waals surface area contributed by atoms with E-state index in [1.807, 2.05) is 0 Å². The largest absolute Gasteiger partial charge is 0.459 e. The van der Waals surface area contributed by atoms with Crippen molar-refractivity contribution in [1.82, 2.24) is 9.80 Å². The normalized spacial score (nSPS) is 18.6. The van der Waals surface area contributed by atoms with E-state index in [9.17, 15) is 9.59 Å². The van der Waals surface area contributed by atoms with E-state index in [0.717, 1.165) is 6.42 Å². The quantitative estimate of drug-likeness (QED) is 0.852. The second-order valence-corrected chi connectivity index (χ2v) is 4.62. The van der Waals surface area contributed by atoms with Gasteiger partial charge in [0.05, 0.1) is 12.9 Å². The highest BCUT2D eigenvalue weighted by atomic mass is 16.3. The van der Waals surface area contributed by atoms with E-state index >= 15 is 0 Å². The highest BCUT2D eigenvalue weighted by molar-refractivity contribution is 5.95. The van der Waals surface area contributed by atoms with E-state index in [4.69, 9.17) is 9.52 Å². The van der Waals surface area contributed by atoms with Crippen LogP contribution in [0.15, 0.2) is 22.8 Å². The van der Waals surface area contributed by atoms with Crippen LogP contribution in [0.1, 0.15) is 23.4 Å². The fraction of sp³-hybridized carbons (Fsp3) is 0.538. The molecule has 1 fully saturated rings. The SMILES string of the molecule is CN(CCO)C(=O)C1CCCN1C(=O)c1ccco1. The summed E-state index contributed by atoms with van der Waals surface area (Å²) in [5, 5.41) is 8.86. The van der Waals surface area contributed by atoms with Gasteiger partial charge < -0.3 is 19.3 Å². The number of aliphatic hydroxyl groups excluding tert-OH is 1. The van der Waals surface area contributed by atoms with Crippen LogP contribution in [0.25, 0.3) is 0 Å². The second kappa shape index (κ2) is 5.88. The minimum atomic E-state index is -0.450. The Balaban J connectivity index is 2.08. The third kappa shape index (κ3) is 2.78. The number of hydrogen-bond acceptors (Lipinski definition) is 4. The number of furan rings is 1. The fourth-order valence-electron chi connectivity index (χ4n) is 2.32. The summed E-state index contributed by atoms with van der Waals surface area (Å²) in [5.74, 6) is -0.130. The lowest BCUT2D eigenvalue weighted by Crippen LogP contribution is -2.47. The Morgan fingerprint density at radius 3 is 3.00 bits per heavy atom. The average molecular weight is 266 g/mol. The van der Waals surface area contributed by atoms with Crippen LogP contribution >= 0.6 is 0 Å². The van der Waals surface area contributed by atoms with E-state index in [0.29, 0.717) is 13.0 Å². The van der Waals surface area contributed by atoms with Gasteiger partial charge in [0.2, 0.25) is 5.91 Å². The summed E-state index contributed by atoms with van der Waals surface area (Å²) >= 11 is 0. The standard InChI is InChI=1S/C13H18N2O4/c1-14(7-8-16)12(17)10-4-2-6-15(10)13(18)11-5-3-9-19-11/h3,5,9-10,16H,2,4,6-8H2,1H3. The molecule has 104 valence electrons. The van der Waals surface area contributed by atoms with Gasteiger partial charge in [0.15, 0.2) is 5.76 Å². The van der Waals surface area contributed by atoms with Gasteiger partial charge in [-0.1, -0.05) is 0 Å². The van der Waals surface area contributed by atoms with Crippen LogP contribution < -0.4 is 0 Å². The van der Waals surface area contributed by atoms with Gasteiger partial charge in [-0.2, -0.15) is 0 Å². The van der Waals surface area contributed by atoms with Crippen molar-refractivity contribution >= 4 is 11.8 Å². The zero-order valence-corrected chi connectivity index (χ0v) is 10.9. The Bertz CT molecular complexity index is 444. The highest BCUT2D eigenvalue weighted by Crippen LogP contribution is 2.21. The number of carbonyl (C=O) groups is 2. The Hall–Kier alpha value is -1.82. The van der Waals surface area contributed by atoms with Crippen LogP contribution in [-0.2, 0) is 4.79 Å². The van der Waals surface area contributed by atoms with Crippen molar-refractivity contribution in [3.8, 4) is 0 Å². The smallest absolute Gasteiger partial charge is 0.290 e. The van der Waals surface area contributed by atoms with E-state index in [2.05, 4.69) is 0 Å². The molecule has 1 aromatic heterocycles. The van der Waals surface area contributed by atoms with Crippen LogP contribution in [0.2, 0.25) is 0 Å². The number of amides is 2. The highest BCUT2D eigenvalue weighted by Gasteiger charge is 2.36. The molecule has 2 heterocycles. The molecule has 6 nitrogen and oxygen atoms in total. The summed E-state index contributed by atoms with van der Waals surface area (Å²) in [6.07, 6.45) is 2.90. The van der Waals surface area contributed by atoms with Gasteiger partial charge in [0, 0.05) is 20.1 Å². The molecular formula is C13H18N2O4. The van der Waals surface area contributed by atoms with E-state index in [1.165, 1.54) is 11.2 Å². The number of likely N-dealkylation sites (tertiary alicyclic amines) is 1. The monoisotopic (exact) mass is 266 g/mol. The molecule has 2 amide bonds. The topological polar surface area (TPSA) is 74.0 Å². The first-order valence-corrected chi connectivity index (χ1v) is 6.35. The maximum Gasteiger partial charge on any atom is 0.290 e. The van der Waals surface area contributed by atoms with Gasteiger partial charge in [0.25, 0.3) is 5.91 Å². The molecule has 1 atom stereocenters. The summed E-state index contributed by atoms with van der Waals surface area (Å²) in [6, 6.07) is 2.80. The molecule has 0 aromatic carbocycles. The first-order chi connectivity index (χ1) is 9.15. The predicted octanol–water partition coefficient (Wildman–Crippen LogP) is 0.335. The summed E-state index contributed by atoms with van der Waals surface area (Å²) in [6.45, 7) is 0.752. The molecule has 1 aliphatic heterocycles. The summed E-state index contributed by atoms with van der Waals surface area (Å²) < 4.78 is 5.09. The van der Waals surface area contributed by atoms with E-state index in [-0.39, 0.29) is 30.7 Å². The zero-order valence-electron chi connectivity index (χ0n) is 10.9. The Morgan fingerprint density at radius 2 is 2.37 bits per heavy atom. The molecule has 0 spiro atoms. The van der Waals surface area contributed by atoms with Crippen molar-refractivity contribution in [3.05, 3.63) is 24.2 Å². The third-order valence-corrected chi connectivity index (χ3v) is 3.34. The van der Waals surface area contributed by atoms with Gasteiger partial charge in [0.1, 0.15) is 6.04 Å². The summed E-state index contributed by atoms with van der Waals surface area (Å²) in [7, 11) is 1.63. The first kappa shape index (κ1) is 13.6. The van der Waals surface area contributed by atoms with Crippen molar-refractivity contribution < 1.29 is 19.1 Å². The maximum absolute atomic E-state index is 12.2. The average Bonchev–Trinajstić information content (AvgIpc) is 3.08. The Morgan fingerprint density at radius 1 is 1.58 bits per heavy atom. The molecule has 19 heavy (non-hydrogen) atoms. The molecule has 2 rings (SSSR count). The van der Waals surface area contributed by atoms with Crippen molar-refractivity contribution in [3.63, 3.8) is 0 Å². The molecule has 0 radical (unpaired) electrons. The van der Waals surface area contributed by atoms with Gasteiger partial charge in [-0.25, -0.2) is 0 Å². The molecule has 1 N–H and O–H groups in total. The molecule has 1 unspecified atom stereocenters. The Kier molecular flexibility index (Phi) is 4.21. The third-order valence-electron chi connectivity index (χ3n) is 3.34.